The van der Waals surface area contributed by atoms with Crippen molar-refractivity contribution in [3.63, 3.8) is 0 Å². The molecular weight excluding hydrogens is 518 g/mol. The summed E-state index contributed by atoms with van der Waals surface area (Å²) in [4.78, 5) is 39.0. The lowest BCUT2D eigenvalue weighted by Gasteiger charge is -2.46. The van der Waals surface area contributed by atoms with Crippen molar-refractivity contribution in [1.82, 2.24) is 26.2 Å². The van der Waals surface area contributed by atoms with Crippen molar-refractivity contribution in [2.24, 2.45) is 11.8 Å². The van der Waals surface area contributed by atoms with E-state index in [4.69, 9.17) is 16.7 Å². The van der Waals surface area contributed by atoms with Gasteiger partial charge in [-0.2, -0.15) is 0 Å². The Kier molecular flexibility index (Phi) is 12.2. The zero-order chi connectivity index (χ0) is 28.3. The monoisotopic (exact) mass is 563 g/mol. The minimum absolute atomic E-state index is 0.0638. The predicted molar refractivity (Wildman–Crippen MR) is 154 cm³/mol. The molecule has 1 heterocycles. The van der Waals surface area contributed by atoms with Crippen molar-refractivity contribution in [3.8, 4) is 0 Å². The summed E-state index contributed by atoms with van der Waals surface area (Å²) in [6.45, 7) is 3.64. The van der Waals surface area contributed by atoms with Gasteiger partial charge in [-0.15, -0.1) is 0 Å². The Bertz CT molecular complexity index is 957. The van der Waals surface area contributed by atoms with Crippen LogP contribution in [0.5, 0.6) is 0 Å². The Hall–Kier alpha value is -2.52. The van der Waals surface area contributed by atoms with E-state index in [-0.39, 0.29) is 30.4 Å². The summed E-state index contributed by atoms with van der Waals surface area (Å²) in [5.41, 5.74) is 0.0839. The van der Waals surface area contributed by atoms with Crippen molar-refractivity contribution in [1.29, 1.82) is 0 Å². The molecule has 9 nitrogen and oxygen atoms in total. The number of urea groups is 1. The Morgan fingerprint density at radius 2 is 1.92 bits per heavy atom. The van der Waals surface area contributed by atoms with E-state index < -0.39 is 11.6 Å². The fourth-order valence-corrected chi connectivity index (χ4v) is 6.75. The summed E-state index contributed by atoms with van der Waals surface area (Å²) in [5, 5.41) is 21.8. The number of carbonyl (C=O) groups is 3. The van der Waals surface area contributed by atoms with Crippen LogP contribution in [0, 0.1) is 11.8 Å². The van der Waals surface area contributed by atoms with Crippen LogP contribution < -0.4 is 21.3 Å². The lowest BCUT2D eigenvalue weighted by Crippen LogP contribution is -2.58. The molecule has 2 fully saturated rings. The Labute approximate surface area is 237 Å². The second-order valence-corrected chi connectivity index (χ2v) is 11.7. The van der Waals surface area contributed by atoms with Crippen LogP contribution in [0.15, 0.2) is 24.3 Å². The molecule has 0 unspecified atom stereocenters. The van der Waals surface area contributed by atoms with Gasteiger partial charge in [0.25, 0.3) is 0 Å². The smallest absolute Gasteiger partial charge is 0.404 e. The largest absolute Gasteiger partial charge is 0.465 e. The van der Waals surface area contributed by atoms with Gasteiger partial charge >= 0.3 is 12.1 Å². The number of halogens is 1. The summed E-state index contributed by atoms with van der Waals surface area (Å²) in [6.07, 6.45) is 8.90. The number of likely N-dealkylation sites (tertiary alicyclic amines) is 1. The molecule has 5 N–H and O–H groups in total. The van der Waals surface area contributed by atoms with Gasteiger partial charge in [-0.25, -0.2) is 9.59 Å². The molecule has 1 saturated carbocycles. The molecule has 4 amide bonds. The molecular formula is C29H46ClN5O4. The maximum absolute atomic E-state index is 13.5. The van der Waals surface area contributed by atoms with Crippen LogP contribution in [-0.2, 0) is 10.3 Å². The predicted octanol–water partition coefficient (Wildman–Crippen LogP) is 4.70. The van der Waals surface area contributed by atoms with E-state index >= 15 is 0 Å². The van der Waals surface area contributed by atoms with Gasteiger partial charge in [0.05, 0.1) is 5.54 Å². The molecule has 1 aliphatic heterocycles. The van der Waals surface area contributed by atoms with Crippen molar-refractivity contribution < 1.29 is 19.5 Å². The molecule has 3 rings (SSSR count). The molecule has 0 bridgehead atoms. The fourth-order valence-electron chi connectivity index (χ4n) is 6.56. The van der Waals surface area contributed by atoms with E-state index in [0.717, 1.165) is 31.4 Å². The van der Waals surface area contributed by atoms with E-state index in [1.54, 1.807) is 6.07 Å². The molecule has 10 heteroatoms. The number of rotatable bonds is 12. The Morgan fingerprint density at radius 3 is 2.59 bits per heavy atom. The van der Waals surface area contributed by atoms with Crippen LogP contribution in [-0.4, -0.2) is 67.3 Å². The quantitative estimate of drug-likeness (QED) is 0.236. The average Bonchev–Trinajstić information content (AvgIpc) is 2.91. The number of carboxylic acid groups (broad SMARTS) is 1. The maximum atomic E-state index is 13.5. The second kappa shape index (κ2) is 15.3. The number of nitrogens with one attached hydrogen (secondary N) is 4. The highest BCUT2D eigenvalue weighted by atomic mass is 35.5. The number of amides is 4. The minimum atomic E-state index is -1.08. The number of nitrogens with zero attached hydrogens (tertiary/aromatic N) is 1. The molecule has 218 valence electrons. The van der Waals surface area contributed by atoms with Crippen LogP contribution >= 0.6 is 11.6 Å². The van der Waals surface area contributed by atoms with Crippen LogP contribution in [0.1, 0.15) is 76.7 Å². The summed E-state index contributed by atoms with van der Waals surface area (Å²) in [6, 6.07) is 7.49. The van der Waals surface area contributed by atoms with Crippen LogP contribution in [0.2, 0.25) is 5.02 Å². The van der Waals surface area contributed by atoms with Gasteiger partial charge in [-0.1, -0.05) is 55.8 Å². The number of likely N-dealkylation sites (N-methyl/N-ethyl adjacent to an activating group) is 1. The summed E-state index contributed by atoms with van der Waals surface area (Å²) in [7, 11) is 1.92. The molecule has 0 aromatic heterocycles. The first-order valence-corrected chi connectivity index (χ1v) is 14.8. The van der Waals surface area contributed by atoms with Crippen LogP contribution in [0.25, 0.3) is 0 Å². The lowest BCUT2D eigenvalue weighted by molar-refractivity contribution is -0.122. The third kappa shape index (κ3) is 9.28. The molecule has 0 spiro atoms. The molecule has 1 aromatic rings. The van der Waals surface area contributed by atoms with Crippen molar-refractivity contribution >= 4 is 29.6 Å². The average molecular weight is 564 g/mol. The third-order valence-electron chi connectivity index (χ3n) is 8.29. The minimum Gasteiger partial charge on any atom is -0.465 e. The van der Waals surface area contributed by atoms with E-state index in [2.05, 4.69) is 21.3 Å². The standard InChI is InChI=1S/C29H46ClN5O4/c1-21(36)34-29(14-8-15-32-28(38)39,23-11-6-13-25(30)18-23)24-12-7-16-35(20-24)27(37)33-26(19-31-2)17-22-9-4-3-5-10-22/h6,11,13,18,22,24,26,31-32H,3-5,7-10,12,14-17,19-20H2,1-2H3,(H,33,37)(H,34,36)(H,38,39)/t24-,26+,29-/m1/s1. The van der Waals surface area contributed by atoms with Crippen molar-refractivity contribution in [2.75, 3.05) is 33.2 Å². The first-order valence-electron chi connectivity index (χ1n) is 14.4. The number of benzene rings is 1. The number of piperidine rings is 1. The molecule has 1 aromatic carbocycles. The van der Waals surface area contributed by atoms with E-state index in [1.807, 2.05) is 30.1 Å². The molecule has 2 aliphatic rings. The maximum Gasteiger partial charge on any atom is 0.404 e. The van der Waals surface area contributed by atoms with Gasteiger partial charge in [0.15, 0.2) is 0 Å². The topological polar surface area (TPSA) is 123 Å². The fraction of sp³-hybridized carbons (Fsp3) is 0.690. The first-order chi connectivity index (χ1) is 18.7. The van der Waals surface area contributed by atoms with Gasteiger partial charge in [-0.3, -0.25) is 4.79 Å². The molecule has 0 radical (unpaired) electrons. The van der Waals surface area contributed by atoms with Crippen molar-refractivity contribution in [3.05, 3.63) is 34.9 Å². The van der Waals surface area contributed by atoms with E-state index in [1.165, 1.54) is 39.0 Å². The Morgan fingerprint density at radius 1 is 1.15 bits per heavy atom. The van der Waals surface area contributed by atoms with Gasteiger partial charge in [0.2, 0.25) is 5.91 Å². The lowest BCUT2D eigenvalue weighted by atomic mass is 9.71. The van der Waals surface area contributed by atoms with E-state index in [0.29, 0.717) is 36.9 Å². The summed E-state index contributed by atoms with van der Waals surface area (Å²) < 4.78 is 0. The second-order valence-electron chi connectivity index (χ2n) is 11.2. The number of carbonyl (C=O) groups excluding carboxylic acids is 2. The van der Waals surface area contributed by atoms with Crippen molar-refractivity contribution in [2.45, 2.75) is 82.7 Å². The Balaban J connectivity index is 1.80. The zero-order valence-corrected chi connectivity index (χ0v) is 24.2. The van der Waals surface area contributed by atoms with E-state index in [9.17, 15) is 14.4 Å². The highest BCUT2D eigenvalue weighted by molar-refractivity contribution is 6.30. The molecule has 39 heavy (non-hydrogen) atoms. The number of hydrogen-bond donors (Lipinski definition) is 5. The summed E-state index contributed by atoms with van der Waals surface area (Å²) >= 11 is 6.39. The number of hydrogen-bond acceptors (Lipinski definition) is 4. The van der Waals surface area contributed by atoms with Crippen LogP contribution in [0.3, 0.4) is 0 Å². The molecule has 3 atom stereocenters. The van der Waals surface area contributed by atoms with Gasteiger partial charge in [0.1, 0.15) is 0 Å². The SMILES string of the molecule is CNC[C@H](CC1CCCCC1)NC(=O)N1CCC[C@@H]([C@](CCCNC(=O)O)(NC(C)=O)c2cccc(Cl)c2)C1. The molecule has 1 saturated heterocycles. The van der Waals surface area contributed by atoms with Gasteiger partial charge < -0.3 is 31.3 Å². The van der Waals surface area contributed by atoms with Crippen LogP contribution in [0.4, 0.5) is 9.59 Å². The summed E-state index contributed by atoms with van der Waals surface area (Å²) in [5.74, 6) is 0.413. The highest BCUT2D eigenvalue weighted by Gasteiger charge is 2.43. The third-order valence-corrected chi connectivity index (χ3v) is 8.52. The first kappa shape index (κ1) is 31.0. The zero-order valence-electron chi connectivity index (χ0n) is 23.4. The molecule has 1 aliphatic carbocycles. The highest BCUT2D eigenvalue weighted by Crippen LogP contribution is 2.40. The van der Waals surface area contributed by atoms with Gasteiger partial charge in [-0.05, 0) is 62.8 Å². The normalized spacial score (nSPS) is 20.5. The van der Waals surface area contributed by atoms with Gasteiger partial charge in [0, 0.05) is 50.1 Å².